The predicted molar refractivity (Wildman–Crippen MR) is 128 cm³/mol. The SMILES string of the molecule is COc1ccc(S(=O)(=O)Nc2cccc(NC(=O)c3ccc(C(C)(C)C)cc3)c2)cc1Cl. The van der Waals surface area contributed by atoms with Crippen LogP contribution in [0, 0.1) is 0 Å². The molecular weight excluding hydrogens is 448 g/mol. The molecule has 1 amide bonds. The van der Waals surface area contributed by atoms with Crippen LogP contribution in [0.2, 0.25) is 5.02 Å². The zero-order valence-corrected chi connectivity index (χ0v) is 19.8. The maximum atomic E-state index is 12.7. The summed E-state index contributed by atoms with van der Waals surface area (Å²) in [5, 5.41) is 2.98. The van der Waals surface area contributed by atoms with Crippen molar-refractivity contribution in [3.63, 3.8) is 0 Å². The Bertz CT molecular complexity index is 1230. The summed E-state index contributed by atoms with van der Waals surface area (Å²) in [5.74, 6) is 0.0956. The lowest BCUT2D eigenvalue weighted by molar-refractivity contribution is 0.102. The van der Waals surface area contributed by atoms with Crippen LogP contribution < -0.4 is 14.8 Å². The fourth-order valence-electron chi connectivity index (χ4n) is 3.01. The minimum absolute atomic E-state index is 0.00308. The highest BCUT2D eigenvalue weighted by atomic mass is 35.5. The number of halogens is 1. The number of hydrogen-bond donors (Lipinski definition) is 2. The van der Waals surface area contributed by atoms with E-state index in [4.69, 9.17) is 16.3 Å². The number of hydrogen-bond acceptors (Lipinski definition) is 4. The van der Waals surface area contributed by atoms with Gasteiger partial charge >= 0.3 is 0 Å². The first-order chi connectivity index (χ1) is 15.0. The van der Waals surface area contributed by atoms with Crippen LogP contribution in [0.1, 0.15) is 36.7 Å². The fourth-order valence-corrected chi connectivity index (χ4v) is 4.41. The Labute approximate surface area is 193 Å². The van der Waals surface area contributed by atoms with Gasteiger partial charge < -0.3 is 10.1 Å². The summed E-state index contributed by atoms with van der Waals surface area (Å²) in [7, 11) is -2.43. The van der Waals surface area contributed by atoms with Gasteiger partial charge in [-0.25, -0.2) is 8.42 Å². The van der Waals surface area contributed by atoms with E-state index in [0.717, 1.165) is 5.56 Å². The van der Waals surface area contributed by atoms with E-state index in [1.54, 1.807) is 36.4 Å². The third-order valence-electron chi connectivity index (χ3n) is 4.82. The van der Waals surface area contributed by atoms with Crippen molar-refractivity contribution in [2.75, 3.05) is 17.1 Å². The number of methoxy groups -OCH3 is 1. The second kappa shape index (κ2) is 9.22. The standard InChI is InChI=1S/C24H25ClN2O4S/c1-24(2,3)17-10-8-16(9-11-17)23(28)26-18-6-5-7-19(14-18)27-32(29,30)20-12-13-22(31-4)21(25)15-20/h5-15,27H,1-4H3,(H,26,28). The molecule has 0 radical (unpaired) electrons. The summed E-state index contributed by atoms with van der Waals surface area (Å²) in [6, 6.07) is 18.1. The number of rotatable bonds is 6. The number of carbonyl (C=O) groups is 1. The third kappa shape index (κ3) is 5.60. The molecule has 0 bridgehead atoms. The fraction of sp³-hybridized carbons (Fsp3) is 0.208. The molecule has 0 spiro atoms. The van der Waals surface area contributed by atoms with E-state index in [9.17, 15) is 13.2 Å². The number of carbonyl (C=O) groups excluding carboxylic acids is 1. The molecular formula is C24H25ClN2O4S. The largest absolute Gasteiger partial charge is 0.495 e. The predicted octanol–water partition coefficient (Wildman–Crippen LogP) is 5.70. The second-order valence-electron chi connectivity index (χ2n) is 8.26. The van der Waals surface area contributed by atoms with Crippen molar-refractivity contribution >= 4 is 38.9 Å². The average Bonchev–Trinajstić information content (AvgIpc) is 2.73. The molecule has 32 heavy (non-hydrogen) atoms. The molecule has 0 aromatic heterocycles. The van der Waals surface area contributed by atoms with Gasteiger partial charge in [0.15, 0.2) is 0 Å². The van der Waals surface area contributed by atoms with Crippen molar-refractivity contribution in [3.05, 3.63) is 82.9 Å². The van der Waals surface area contributed by atoms with Crippen molar-refractivity contribution in [2.45, 2.75) is 31.1 Å². The Morgan fingerprint density at radius 2 is 1.59 bits per heavy atom. The van der Waals surface area contributed by atoms with Crippen molar-refractivity contribution in [2.24, 2.45) is 0 Å². The van der Waals surface area contributed by atoms with Crippen LogP contribution in [0.25, 0.3) is 0 Å². The summed E-state index contributed by atoms with van der Waals surface area (Å²) >= 11 is 6.05. The van der Waals surface area contributed by atoms with Crippen LogP contribution >= 0.6 is 11.6 Å². The lowest BCUT2D eigenvalue weighted by Crippen LogP contribution is -2.15. The van der Waals surface area contributed by atoms with E-state index in [-0.39, 0.29) is 21.2 Å². The Morgan fingerprint density at radius 3 is 2.19 bits per heavy atom. The van der Waals surface area contributed by atoms with E-state index >= 15 is 0 Å². The van der Waals surface area contributed by atoms with Gasteiger partial charge in [0.25, 0.3) is 15.9 Å². The molecule has 0 atom stereocenters. The lowest BCUT2D eigenvalue weighted by Gasteiger charge is -2.19. The average molecular weight is 473 g/mol. The Balaban J connectivity index is 1.75. The van der Waals surface area contributed by atoms with E-state index in [1.807, 2.05) is 12.1 Å². The van der Waals surface area contributed by atoms with Crippen LogP contribution in [0.3, 0.4) is 0 Å². The molecule has 3 rings (SSSR count). The van der Waals surface area contributed by atoms with Gasteiger partial charge in [0.1, 0.15) is 5.75 Å². The second-order valence-corrected chi connectivity index (χ2v) is 10.4. The van der Waals surface area contributed by atoms with Gasteiger partial charge in [-0.2, -0.15) is 0 Å². The van der Waals surface area contributed by atoms with Gasteiger partial charge in [-0.3, -0.25) is 9.52 Å². The Kier molecular flexibility index (Phi) is 6.81. The first kappa shape index (κ1) is 23.6. The van der Waals surface area contributed by atoms with Gasteiger partial charge in [0, 0.05) is 11.3 Å². The molecule has 3 aromatic carbocycles. The zero-order chi connectivity index (χ0) is 23.5. The number of amides is 1. The highest BCUT2D eigenvalue weighted by Crippen LogP contribution is 2.28. The van der Waals surface area contributed by atoms with Gasteiger partial charge in [-0.05, 0) is 59.5 Å². The first-order valence-corrected chi connectivity index (χ1v) is 11.7. The number of benzene rings is 3. The Hall–Kier alpha value is -3.03. The van der Waals surface area contributed by atoms with Crippen molar-refractivity contribution in [1.82, 2.24) is 0 Å². The maximum absolute atomic E-state index is 12.7. The molecule has 0 aliphatic carbocycles. The molecule has 8 heteroatoms. The van der Waals surface area contributed by atoms with E-state index < -0.39 is 10.0 Å². The maximum Gasteiger partial charge on any atom is 0.261 e. The number of ether oxygens (including phenoxy) is 1. The molecule has 0 saturated heterocycles. The minimum atomic E-state index is -3.88. The third-order valence-corrected chi connectivity index (χ3v) is 6.49. The van der Waals surface area contributed by atoms with Crippen LogP contribution in [0.4, 0.5) is 11.4 Å². The molecule has 6 nitrogen and oxygen atoms in total. The smallest absolute Gasteiger partial charge is 0.261 e. The van der Waals surface area contributed by atoms with Gasteiger partial charge in [0.2, 0.25) is 0 Å². The quantitative estimate of drug-likeness (QED) is 0.482. The van der Waals surface area contributed by atoms with Crippen LogP contribution in [-0.2, 0) is 15.4 Å². The van der Waals surface area contributed by atoms with E-state index in [1.165, 1.54) is 25.3 Å². The molecule has 0 aliphatic rings. The lowest BCUT2D eigenvalue weighted by atomic mass is 9.87. The summed E-state index contributed by atoms with van der Waals surface area (Å²) < 4.78 is 33.0. The first-order valence-electron chi connectivity index (χ1n) is 9.88. The van der Waals surface area contributed by atoms with Crippen molar-refractivity contribution in [1.29, 1.82) is 0 Å². The van der Waals surface area contributed by atoms with Gasteiger partial charge in [-0.15, -0.1) is 0 Å². The number of nitrogens with one attached hydrogen (secondary N) is 2. The summed E-state index contributed by atoms with van der Waals surface area (Å²) in [5.41, 5.74) is 2.40. The Morgan fingerprint density at radius 1 is 0.938 bits per heavy atom. The minimum Gasteiger partial charge on any atom is -0.495 e. The van der Waals surface area contributed by atoms with E-state index in [2.05, 4.69) is 30.8 Å². The molecule has 2 N–H and O–H groups in total. The summed E-state index contributed by atoms with van der Waals surface area (Å²) in [4.78, 5) is 12.6. The van der Waals surface area contributed by atoms with Gasteiger partial charge in [0.05, 0.1) is 22.7 Å². The van der Waals surface area contributed by atoms with Crippen molar-refractivity contribution < 1.29 is 17.9 Å². The van der Waals surface area contributed by atoms with E-state index in [0.29, 0.717) is 22.7 Å². The summed E-state index contributed by atoms with van der Waals surface area (Å²) in [6.07, 6.45) is 0. The van der Waals surface area contributed by atoms with Crippen molar-refractivity contribution in [3.8, 4) is 5.75 Å². The van der Waals surface area contributed by atoms with Gasteiger partial charge in [-0.1, -0.05) is 50.6 Å². The highest BCUT2D eigenvalue weighted by molar-refractivity contribution is 7.92. The molecule has 0 heterocycles. The molecule has 3 aromatic rings. The van der Waals surface area contributed by atoms with Crippen LogP contribution in [-0.4, -0.2) is 21.4 Å². The topological polar surface area (TPSA) is 84.5 Å². The molecule has 0 saturated carbocycles. The number of sulfonamides is 1. The highest BCUT2D eigenvalue weighted by Gasteiger charge is 2.17. The molecule has 0 aliphatic heterocycles. The molecule has 0 unspecified atom stereocenters. The van der Waals surface area contributed by atoms with Crippen LogP contribution in [0.15, 0.2) is 71.6 Å². The van der Waals surface area contributed by atoms with Crippen LogP contribution in [0.5, 0.6) is 5.75 Å². The zero-order valence-electron chi connectivity index (χ0n) is 18.3. The summed E-state index contributed by atoms with van der Waals surface area (Å²) in [6.45, 7) is 6.32. The normalized spacial score (nSPS) is 11.7. The number of anilines is 2. The molecule has 0 fully saturated rings. The monoisotopic (exact) mass is 472 g/mol. The molecule has 168 valence electrons.